The molecule has 3 heterocycles. The Morgan fingerprint density at radius 3 is 2.53 bits per heavy atom. The van der Waals surface area contributed by atoms with Crippen molar-refractivity contribution in [2.45, 2.75) is 71.3 Å². The van der Waals surface area contributed by atoms with Gasteiger partial charge in [-0.15, -0.1) is 0 Å². The lowest BCUT2D eigenvalue weighted by molar-refractivity contribution is -0.150. The average Bonchev–Trinajstić information content (AvgIpc) is 3.30. The molecule has 0 bridgehead atoms. The Bertz CT molecular complexity index is 1910. The van der Waals surface area contributed by atoms with Crippen LogP contribution in [-0.2, 0) is 34.5 Å². The van der Waals surface area contributed by atoms with Crippen molar-refractivity contribution in [3.63, 3.8) is 0 Å². The third kappa shape index (κ3) is 4.66. The zero-order valence-electron chi connectivity index (χ0n) is 27.7. The number of carbonyl (C=O) groups excluding carboxylic acids is 3. The fourth-order valence-electron chi connectivity index (χ4n) is 8.33. The van der Waals surface area contributed by atoms with Crippen LogP contribution in [0.15, 0.2) is 60.8 Å². The highest BCUT2D eigenvalue weighted by molar-refractivity contribution is 6.02. The number of nitrogens with two attached hydrogens (primary N) is 1. The Morgan fingerprint density at radius 1 is 1.13 bits per heavy atom. The van der Waals surface area contributed by atoms with Gasteiger partial charge in [-0.05, 0) is 61.1 Å². The summed E-state index contributed by atoms with van der Waals surface area (Å²) in [7, 11) is 3.73. The molecule has 2 aromatic carbocycles. The number of hydrogen-bond acceptors (Lipinski definition) is 7. The molecule has 2 aliphatic carbocycles. The zero-order valence-corrected chi connectivity index (χ0v) is 27.7. The molecule has 1 saturated heterocycles. The Hall–Kier alpha value is -4.61. The van der Waals surface area contributed by atoms with Gasteiger partial charge in [-0.1, -0.05) is 38.1 Å². The predicted molar refractivity (Wildman–Crippen MR) is 177 cm³/mol. The number of nitrogens with one attached hydrogen (secondary N) is 1. The lowest BCUT2D eigenvalue weighted by atomic mass is 9.78. The molecule has 1 saturated carbocycles. The summed E-state index contributed by atoms with van der Waals surface area (Å²) in [5.74, 6) is -0.888. The minimum Gasteiger partial charge on any atom is -0.441 e. The summed E-state index contributed by atoms with van der Waals surface area (Å²) in [4.78, 5) is 40.7. The first-order valence-corrected chi connectivity index (χ1v) is 16.2. The number of aromatic nitrogens is 4. The maximum absolute atomic E-state index is 14.8. The van der Waals surface area contributed by atoms with Gasteiger partial charge >= 0.3 is 11.9 Å². The van der Waals surface area contributed by atoms with E-state index in [-0.39, 0.29) is 46.3 Å². The van der Waals surface area contributed by atoms with Crippen LogP contribution in [0.25, 0.3) is 11.1 Å². The molecule has 3 aliphatic rings. The summed E-state index contributed by atoms with van der Waals surface area (Å²) in [6, 6.07) is 16.9. The molecule has 3 N–H and O–H groups in total. The average molecular weight is 637 g/mol. The number of esters is 1. The number of quaternary nitrogens is 1. The van der Waals surface area contributed by atoms with Gasteiger partial charge in [0.2, 0.25) is 0 Å². The van der Waals surface area contributed by atoms with E-state index in [1.807, 2.05) is 65.1 Å². The van der Waals surface area contributed by atoms with Gasteiger partial charge in [-0.2, -0.15) is 10.2 Å². The van der Waals surface area contributed by atoms with E-state index in [1.165, 1.54) is 15.8 Å². The van der Waals surface area contributed by atoms with E-state index >= 15 is 0 Å². The van der Waals surface area contributed by atoms with Crippen molar-refractivity contribution in [1.82, 2.24) is 29.4 Å². The molecular formula is C36H42N7O4+. The topological polar surface area (TPSA) is 134 Å². The number of amides is 2. The van der Waals surface area contributed by atoms with Crippen LogP contribution in [0.5, 0.6) is 0 Å². The van der Waals surface area contributed by atoms with Crippen LogP contribution in [0.4, 0.5) is 5.69 Å². The van der Waals surface area contributed by atoms with Crippen LogP contribution in [0, 0.1) is 25.2 Å². The maximum Gasteiger partial charge on any atom is 0.341 e. The van der Waals surface area contributed by atoms with E-state index in [0.717, 1.165) is 41.0 Å². The number of aryl methyl sites for hydroxylation is 2. The Kier molecular flexibility index (Phi) is 7.25. The highest BCUT2D eigenvalue weighted by Crippen LogP contribution is 2.70. The summed E-state index contributed by atoms with van der Waals surface area (Å²) in [6.07, 6.45) is 3.38. The van der Waals surface area contributed by atoms with E-state index in [9.17, 15) is 14.4 Å². The normalized spacial score (nSPS) is 26.4. The van der Waals surface area contributed by atoms with Gasteiger partial charge in [-0.3, -0.25) is 14.3 Å². The first-order chi connectivity index (χ1) is 22.4. The van der Waals surface area contributed by atoms with E-state index in [1.54, 1.807) is 24.0 Å². The van der Waals surface area contributed by atoms with Crippen LogP contribution < -0.4 is 15.5 Å². The van der Waals surface area contributed by atoms with Crippen LogP contribution >= 0.6 is 0 Å². The van der Waals surface area contributed by atoms with Crippen molar-refractivity contribution in [3.8, 4) is 11.1 Å². The fraction of sp³-hybridized carbons (Fsp3) is 0.417. The van der Waals surface area contributed by atoms with Gasteiger partial charge in [0.25, 0.3) is 5.91 Å². The fourth-order valence-corrected chi connectivity index (χ4v) is 8.33. The molecule has 244 valence electrons. The summed E-state index contributed by atoms with van der Waals surface area (Å²) >= 11 is 0. The standard InChI is InChI=1S/C36H41N7O4/c1-20(2)31(37)35(46)47-19-42-22(4)29(21(3)40-42)23-11-13-25(14-12-23)43(6)28-18-36(28)17-24-9-7-8-10-26(24)30(36)32(34(43)45)39-33(44)27-15-16-38-41(27)5/h7-16,20,28,30-32H,17-19,37H2,1-6H3/p+1/t28?,30?,31-,32-,36?,43?/m0/s1. The Labute approximate surface area is 274 Å². The van der Waals surface area contributed by atoms with Crippen LogP contribution in [-0.4, -0.2) is 62.5 Å². The number of nitrogens with zero attached hydrogens (tertiary/aromatic N) is 5. The highest BCUT2D eigenvalue weighted by atomic mass is 16.5. The second kappa shape index (κ2) is 11.0. The van der Waals surface area contributed by atoms with E-state index < -0.39 is 18.1 Å². The number of likely N-dealkylation sites (N-methyl/N-ethyl adjacent to an activating group) is 1. The molecular weight excluding hydrogens is 594 g/mol. The number of rotatable bonds is 8. The van der Waals surface area contributed by atoms with Crippen molar-refractivity contribution in [2.24, 2.45) is 24.1 Å². The SMILES string of the molecule is Cc1nn(COC(=O)[C@@H](N)C(C)C)c(C)c1-c1ccc([N+]2(C)C(=O)[C@@H](NC(=O)c3ccnn3C)C3c4ccccc4CC34CC42)cc1. The third-order valence-corrected chi connectivity index (χ3v) is 11.0. The lowest BCUT2D eigenvalue weighted by Gasteiger charge is -2.43. The number of carbonyl (C=O) groups is 3. The molecule has 11 nitrogen and oxygen atoms in total. The molecule has 6 atom stereocenters. The second-order valence-corrected chi connectivity index (χ2v) is 14.0. The number of piperidine rings is 1. The van der Waals surface area contributed by atoms with Gasteiger partial charge < -0.3 is 15.8 Å². The van der Waals surface area contributed by atoms with Gasteiger partial charge in [-0.25, -0.2) is 14.0 Å². The van der Waals surface area contributed by atoms with Crippen molar-refractivity contribution in [2.75, 3.05) is 7.05 Å². The number of ether oxygens (including phenoxy) is 1. The molecule has 47 heavy (non-hydrogen) atoms. The molecule has 4 aromatic rings. The molecule has 1 aliphatic heterocycles. The Morgan fingerprint density at radius 2 is 1.85 bits per heavy atom. The minimum absolute atomic E-state index is 0.0188. The van der Waals surface area contributed by atoms with Crippen LogP contribution in [0.1, 0.15) is 59.2 Å². The molecule has 4 unspecified atom stereocenters. The molecule has 1 spiro atoms. The zero-order chi connectivity index (χ0) is 33.4. The molecule has 2 fully saturated rings. The molecule has 7 rings (SSSR count). The monoisotopic (exact) mass is 636 g/mol. The van der Waals surface area contributed by atoms with Crippen molar-refractivity contribution in [3.05, 3.63) is 89.0 Å². The summed E-state index contributed by atoms with van der Waals surface area (Å²) in [5.41, 5.74) is 13.1. The first-order valence-electron chi connectivity index (χ1n) is 16.2. The highest BCUT2D eigenvalue weighted by Gasteiger charge is 2.78. The van der Waals surface area contributed by atoms with Crippen molar-refractivity contribution in [1.29, 1.82) is 0 Å². The summed E-state index contributed by atoms with van der Waals surface area (Å²) in [6.45, 7) is 7.61. The smallest absolute Gasteiger partial charge is 0.341 e. The number of hydrogen-bond donors (Lipinski definition) is 2. The Balaban J connectivity index is 1.20. The van der Waals surface area contributed by atoms with E-state index in [0.29, 0.717) is 5.69 Å². The van der Waals surface area contributed by atoms with E-state index in [2.05, 4.69) is 33.7 Å². The second-order valence-electron chi connectivity index (χ2n) is 14.0. The molecule has 2 aromatic heterocycles. The largest absolute Gasteiger partial charge is 0.441 e. The van der Waals surface area contributed by atoms with Crippen LogP contribution in [0.3, 0.4) is 0 Å². The lowest BCUT2D eigenvalue weighted by Crippen LogP contribution is -2.67. The number of benzene rings is 2. The number of likely N-dealkylation sites (tertiary alicyclic amines) is 1. The molecule has 2 amide bonds. The molecule has 0 radical (unpaired) electrons. The maximum atomic E-state index is 14.8. The predicted octanol–water partition coefficient (Wildman–Crippen LogP) is 3.76. The van der Waals surface area contributed by atoms with Crippen molar-refractivity contribution >= 4 is 23.5 Å². The van der Waals surface area contributed by atoms with Crippen molar-refractivity contribution < 1.29 is 19.1 Å². The van der Waals surface area contributed by atoms with Crippen LogP contribution in [0.2, 0.25) is 0 Å². The molecule has 11 heteroatoms. The third-order valence-electron chi connectivity index (χ3n) is 11.0. The van der Waals surface area contributed by atoms with Gasteiger partial charge in [0.1, 0.15) is 23.5 Å². The van der Waals surface area contributed by atoms with Gasteiger partial charge in [0.15, 0.2) is 12.8 Å². The minimum atomic E-state index is -0.696. The van der Waals surface area contributed by atoms with Gasteiger partial charge in [0, 0.05) is 54.4 Å². The number of fused-ring (bicyclic) bond motifs is 2. The summed E-state index contributed by atoms with van der Waals surface area (Å²) in [5, 5.41) is 12.0. The van der Waals surface area contributed by atoms with Gasteiger partial charge in [0.05, 0.1) is 12.7 Å². The quantitative estimate of drug-likeness (QED) is 0.222. The first kappa shape index (κ1) is 31.0. The summed E-state index contributed by atoms with van der Waals surface area (Å²) < 4.78 is 8.78. The van der Waals surface area contributed by atoms with E-state index in [4.69, 9.17) is 10.5 Å².